The lowest BCUT2D eigenvalue weighted by Gasteiger charge is -2.22. The zero-order valence-corrected chi connectivity index (χ0v) is 12.5. The van der Waals surface area contributed by atoms with Crippen molar-refractivity contribution in [3.05, 3.63) is 28.8 Å². The molecule has 1 atom stereocenters. The van der Waals surface area contributed by atoms with Crippen LogP contribution in [0.5, 0.6) is 0 Å². The smallest absolute Gasteiger partial charge is 0.337 e. The van der Waals surface area contributed by atoms with Crippen LogP contribution in [0.15, 0.2) is 18.2 Å². The molecule has 0 saturated heterocycles. The molecule has 0 aliphatic carbocycles. The molecule has 2 amide bonds. The predicted molar refractivity (Wildman–Crippen MR) is 79.5 cm³/mol. The molecule has 21 heavy (non-hydrogen) atoms. The first-order valence-corrected chi connectivity index (χ1v) is 6.75. The second-order valence-electron chi connectivity index (χ2n) is 4.49. The lowest BCUT2D eigenvalue weighted by atomic mass is 10.1. The average Bonchev–Trinajstić information content (AvgIpc) is 2.45. The summed E-state index contributed by atoms with van der Waals surface area (Å²) in [6, 6.07) is 5.80. The number of nitrogens with zero attached hydrogens (tertiary/aromatic N) is 2. The number of rotatable bonds is 5. The molecule has 0 bridgehead atoms. The van der Waals surface area contributed by atoms with E-state index in [-0.39, 0.29) is 28.7 Å². The number of halogens is 1. The van der Waals surface area contributed by atoms with E-state index in [0.717, 1.165) is 0 Å². The van der Waals surface area contributed by atoms with Crippen molar-refractivity contribution in [3.63, 3.8) is 0 Å². The van der Waals surface area contributed by atoms with Crippen LogP contribution in [0.25, 0.3) is 0 Å². The monoisotopic (exact) mass is 309 g/mol. The summed E-state index contributed by atoms with van der Waals surface area (Å²) in [4.78, 5) is 24.7. The quantitative estimate of drug-likeness (QED) is 0.874. The highest BCUT2D eigenvalue weighted by molar-refractivity contribution is 6.31. The predicted octanol–water partition coefficient (Wildman–Crippen LogP) is 3.05. The van der Waals surface area contributed by atoms with Crippen LogP contribution in [0, 0.1) is 17.2 Å². The van der Waals surface area contributed by atoms with Crippen molar-refractivity contribution in [3.8, 4) is 6.07 Å². The SMILES string of the molecule is CCN(CC(C)C#N)C(=O)Nc1ccc(Cl)cc1C(=O)O. The van der Waals surface area contributed by atoms with Gasteiger partial charge in [-0.25, -0.2) is 9.59 Å². The molecule has 0 aliphatic rings. The number of carbonyl (C=O) groups excluding carboxylic acids is 1. The van der Waals surface area contributed by atoms with Gasteiger partial charge in [0.05, 0.1) is 23.2 Å². The highest BCUT2D eigenvalue weighted by atomic mass is 35.5. The molecule has 0 aromatic heterocycles. The maximum Gasteiger partial charge on any atom is 0.337 e. The van der Waals surface area contributed by atoms with Crippen LogP contribution in [0.3, 0.4) is 0 Å². The van der Waals surface area contributed by atoms with Crippen LogP contribution >= 0.6 is 11.6 Å². The molecule has 0 saturated carbocycles. The molecule has 7 heteroatoms. The standard InChI is InChI=1S/C14H16ClN3O3/c1-3-18(8-9(2)7-16)14(21)17-12-5-4-10(15)6-11(12)13(19)20/h4-6,9H,3,8H2,1-2H3,(H,17,21)(H,19,20). The molecule has 112 valence electrons. The van der Waals surface area contributed by atoms with E-state index in [4.69, 9.17) is 22.0 Å². The van der Waals surface area contributed by atoms with Crippen LogP contribution in [-0.4, -0.2) is 35.1 Å². The highest BCUT2D eigenvalue weighted by Crippen LogP contribution is 2.21. The third-order valence-electron chi connectivity index (χ3n) is 2.84. The summed E-state index contributed by atoms with van der Waals surface area (Å²) in [5.74, 6) is -1.49. The van der Waals surface area contributed by atoms with E-state index in [1.54, 1.807) is 13.8 Å². The number of hydrogen-bond acceptors (Lipinski definition) is 3. The largest absolute Gasteiger partial charge is 0.478 e. The molecule has 0 aliphatic heterocycles. The van der Waals surface area contributed by atoms with Gasteiger partial charge < -0.3 is 15.3 Å². The number of carboxylic acid groups (broad SMARTS) is 1. The van der Waals surface area contributed by atoms with Crippen molar-refractivity contribution in [2.45, 2.75) is 13.8 Å². The zero-order valence-electron chi connectivity index (χ0n) is 11.8. The van der Waals surface area contributed by atoms with Gasteiger partial charge in [0, 0.05) is 18.1 Å². The Bertz CT molecular complexity index is 583. The van der Waals surface area contributed by atoms with Gasteiger partial charge in [0.15, 0.2) is 0 Å². The maximum absolute atomic E-state index is 12.1. The summed E-state index contributed by atoms with van der Waals surface area (Å²) in [6.45, 7) is 4.17. The lowest BCUT2D eigenvalue weighted by molar-refractivity contribution is 0.0698. The minimum atomic E-state index is -1.18. The first kappa shape index (κ1) is 16.8. The summed E-state index contributed by atoms with van der Waals surface area (Å²) in [5.41, 5.74) is 0.0835. The Labute approximate surface area is 127 Å². The molecular formula is C14H16ClN3O3. The van der Waals surface area contributed by atoms with Gasteiger partial charge in [0.1, 0.15) is 0 Å². The molecule has 1 aromatic carbocycles. The maximum atomic E-state index is 12.1. The summed E-state index contributed by atoms with van der Waals surface area (Å²) in [7, 11) is 0. The van der Waals surface area contributed by atoms with E-state index in [2.05, 4.69) is 11.4 Å². The Morgan fingerprint density at radius 3 is 2.71 bits per heavy atom. The fourth-order valence-corrected chi connectivity index (χ4v) is 1.90. The van der Waals surface area contributed by atoms with Gasteiger partial charge in [0.2, 0.25) is 0 Å². The molecule has 0 radical (unpaired) electrons. The molecule has 0 heterocycles. The Morgan fingerprint density at radius 2 is 2.19 bits per heavy atom. The van der Waals surface area contributed by atoms with E-state index in [1.807, 2.05) is 0 Å². The third-order valence-corrected chi connectivity index (χ3v) is 3.07. The molecule has 6 nitrogen and oxygen atoms in total. The van der Waals surface area contributed by atoms with Gasteiger partial charge in [0.25, 0.3) is 0 Å². The Balaban J connectivity index is 2.92. The lowest BCUT2D eigenvalue weighted by Crippen LogP contribution is -2.37. The number of carboxylic acids is 1. The van der Waals surface area contributed by atoms with Crippen LogP contribution < -0.4 is 5.32 Å². The number of nitrogens with one attached hydrogen (secondary N) is 1. The van der Waals surface area contributed by atoms with Crippen LogP contribution in [-0.2, 0) is 0 Å². The van der Waals surface area contributed by atoms with Crippen molar-refractivity contribution in [1.29, 1.82) is 5.26 Å². The second kappa shape index (κ2) is 7.50. The Kier molecular flexibility index (Phi) is 6.00. The van der Waals surface area contributed by atoms with Crippen molar-refractivity contribution in [1.82, 2.24) is 4.90 Å². The fourth-order valence-electron chi connectivity index (χ4n) is 1.72. The van der Waals surface area contributed by atoms with Crippen molar-refractivity contribution in [2.75, 3.05) is 18.4 Å². The second-order valence-corrected chi connectivity index (χ2v) is 4.93. The molecule has 0 fully saturated rings. The van der Waals surface area contributed by atoms with Gasteiger partial charge in [-0.05, 0) is 32.0 Å². The molecule has 2 N–H and O–H groups in total. The van der Waals surface area contributed by atoms with E-state index >= 15 is 0 Å². The number of benzene rings is 1. The van der Waals surface area contributed by atoms with Gasteiger partial charge in [-0.3, -0.25) is 0 Å². The van der Waals surface area contributed by atoms with Crippen molar-refractivity contribution >= 4 is 29.3 Å². The number of hydrogen-bond donors (Lipinski definition) is 2. The Morgan fingerprint density at radius 1 is 1.52 bits per heavy atom. The molecule has 1 aromatic rings. The van der Waals surface area contributed by atoms with Gasteiger partial charge >= 0.3 is 12.0 Å². The number of urea groups is 1. The number of nitriles is 1. The summed E-state index contributed by atoms with van der Waals surface area (Å²) in [6.07, 6.45) is 0. The van der Waals surface area contributed by atoms with E-state index in [1.165, 1.54) is 23.1 Å². The zero-order chi connectivity index (χ0) is 16.0. The van der Waals surface area contributed by atoms with Crippen molar-refractivity contribution < 1.29 is 14.7 Å². The molecule has 0 spiro atoms. The highest BCUT2D eigenvalue weighted by Gasteiger charge is 2.18. The van der Waals surface area contributed by atoms with Crippen LogP contribution in [0.2, 0.25) is 5.02 Å². The minimum absolute atomic E-state index is 0.0831. The fraction of sp³-hybridized carbons (Fsp3) is 0.357. The molecular weight excluding hydrogens is 294 g/mol. The summed E-state index contributed by atoms with van der Waals surface area (Å²) in [5, 5.41) is 20.7. The van der Waals surface area contributed by atoms with Crippen LogP contribution in [0.4, 0.5) is 10.5 Å². The van der Waals surface area contributed by atoms with E-state index < -0.39 is 12.0 Å². The van der Waals surface area contributed by atoms with E-state index in [9.17, 15) is 9.59 Å². The van der Waals surface area contributed by atoms with Gasteiger partial charge in [-0.1, -0.05) is 11.6 Å². The number of carbonyl (C=O) groups is 2. The first-order chi connectivity index (χ1) is 9.88. The molecule has 1 unspecified atom stereocenters. The minimum Gasteiger partial charge on any atom is -0.478 e. The van der Waals surface area contributed by atoms with E-state index in [0.29, 0.717) is 6.54 Å². The van der Waals surface area contributed by atoms with Crippen LogP contribution in [0.1, 0.15) is 24.2 Å². The normalized spacial score (nSPS) is 11.3. The average molecular weight is 310 g/mol. The van der Waals surface area contributed by atoms with Gasteiger partial charge in [-0.2, -0.15) is 5.26 Å². The van der Waals surface area contributed by atoms with Gasteiger partial charge in [-0.15, -0.1) is 0 Å². The third kappa shape index (κ3) is 4.65. The number of aromatic carboxylic acids is 1. The summed E-state index contributed by atoms with van der Waals surface area (Å²) >= 11 is 5.75. The number of anilines is 1. The first-order valence-electron chi connectivity index (χ1n) is 6.37. The topological polar surface area (TPSA) is 93.4 Å². The summed E-state index contributed by atoms with van der Waals surface area (Å²) < 4.78 is 0. The molecule has 1 rings (SSSR count). The van der Waals surface area contributed by atoms with Crippen molar-refractivity contribution in [2.24, 2.45) is 5.92 Å². The Hall–Kier alpha value is -2.26. The number of amides is 2.